The van der Waals surface area contributed by atoms with Gasteiger partial charge in [-0.15, -0.1) is 0 Å². The Labute approximate surface area is 114 Å². The van der Waals surface area contributed by atoms with Gasteiger partial charge in [-0.05, 0) is 42.2 Å². The lowest BCUT2D eigenvalue weighted by Crippen LogP contribution is -1.96. The Balaban J connectivity index is 1.97. The maximum absolute atomic E-state index is 5.84. The van der Waals surface area contributed by atoms with E-state index in [1.807, 2.05) is 6.07 Å². The van der Waals surface area contributed by atoms with Crippen molar-refractivity contribution >= 4 is 5.69 Å². The Morgan fingerprint density at radius 3 is 2.95 bits per heavy atom. The average molecular weight is 253 g/mol. The summed E-state index contributed by atoms with van der Waals surface area (Å²) in [5.41, 5.74) is 5.11. The first-order valence-electron chi connectivity index (χ1n) is 6.97. The zero-order chi connectivity index (χ0) is 13.1. The van der Waals surface area contributed by atoms with E-state index in [1.165, 1.54) is 22.4 Å². The molecule has 2 aromatic carbocycles. The largest absolute Gasteiger partial charge is 0.493 e. The van der Waals surface area contributed by atoms with Gasteiger partial charge in [-0.3, -0.25) is 0 Å². The molecule has 19 heavy (non-hydrogen) atoms. The molecule has 0 atom stereocenters. The summed E-state index contributed by atoms with van der Waals surface area (Å²) < 4.78 is 5.84. The second kappa shape index (κ2) is 5.35. The highest BCUT2D eigenvalue weighted by atomic mass is 16.5. The molecule has 0 fully saturated rings. The highest BCUT2D eigenvalue weighted by Crippen LogP contribution is 2.33. The lowest BCUT2D eigenvalue weighted by molar-refractivity contribution is 0.318. The van der Waals surface area contributed by atoms with Crippen molar-refractivity contribution in [3.8, 4) is 16.9 Å². The molecule has 0 saturated heterocycles. The van der Waals surface area contributed by atoms with Crippen LogP contribution in [0.2, 0.25) is 0 Å². The first-order valence-corrected chi connectivity index (χ1v) is 6.97. The number of nitrogens with one attached hydrogen (secondary N) is 1. The van der Waals surface area contributed by atoms with Crippen LogP contribution in [-0.4, -0.2) is 13.2 Å². The lowest BCUT2D eigenvalue weighted by Gasteiger charge is -2.12. The maximum Gasteiger partial charge on any atom is 0.127 e. The number of para-hydroxylation sites is 1. The second-order valence-electron chi connectivity index (χ2n) is 4.89. The van der Waals surface area contributed by atoms with Crippen molar-refractivity contribution in [3.05, 3.63) is 48.0 Å². The lowest BCUT2D eigenvalue weighted by atomic mass is 10.0. The molecule has 2 heteroatoms. The molecule has 0 amide bonds. The minimum atomic E-state index is 0.767. The minimum absolute atomic E-state index is 0.767. The molecule has 0 aromatic heterocycles. The SMILES string of the molecule is CCCOc1ccccc1-c1ccc2c(c1)CCN2. The van der Waals surface area contributed by atoms with Crippen LogP contribution in [0, 0.1) is 0 Å². The van der Waals surface area contributed by atoms with Gasteiger partial charge in [0.25, 0.3) is 0 Å². The van der Waals surface area contributed by atoms with Gasteiger partial charge < -0.3 is 10.1 Å². The van der Waals surface area contributed by atoms with Crippen LogP contribution < -0.4 is 10.1 Å². The van der Waals surface area contributed by atoms with Crippen LogP contribution in [0.25, 0.3) is 11.1 Å². The fourth-order valence-electron chi connectivity index (χ4n) is 2.52. The Kier molecular flexibility index (Phi) is 3.41. The predicted octanol–water partition coefficient (Wildman–Crippen LogP) is 4.11. The van der Waals surface area contributed by atoms with Gasteiger partial charge in [-0.25, -0.2) is 0 Å². The Morgan fingerprint density at radius 1 is 1.16 bits per heavy atom. The first kappa shape index (κ1) is 12.1. The molecular formula is C17H19NO. The molecule has 0 unspecified atom stereocenters. The standard InChI is InChI=1S/C17H19NO/c1-2-11-19-17-6-4-3-5-15(17)13-7-8-16-14(12-13)9-10-18-16/h3-8,12,18H,2,9-11H2,1H3. The molecule has 0 spiro atoms. The van der Waals surface area contributed by atoms with Crippen molar-refractivity contribution in [2.24, 2.45) is 0 Å². The van der Waals surface area contributed by atoms with Crippen LogP contribution in [0.5, 0.6) is 5.75 Å². The van der Waals surface area contributed by atoms with E-state index >= 15 is 0 Å². The van der Waals surface area contributed by atoms with Crippen molar-refractivity contribution < 1.29 is 4.74 Å². The number of hydrogen-bond acceptors (Lipinski definition) is 2. The van der Waals surface area contributed by atoms with Crippen molar-refractivity contribution in [2.45, 2.75) is 19.8 Å². The van der Waals surface area contributed by atoms with Gasteiger partial charge in [0, 0.05) is 17.8 Å². The van der Waals surface area contributed by atoms with E-state index in [0.717, 1.165) is 31.7 Å². The van der Waals surface area contributed by atoms with Gasteiger partial charge in [-0.2, -0.15) is 0 Å². The van der Waals surface area contributed by atoms with E-state index < -0.39 is 0 Å². The molecule has 2 aromatic rings. The fourth-order valence-corrected chi connectivity index (χ4v) is 2.52. The van der Waals surface area contributed by atoms with E-state index in [1.54, 1.807) is 0 Å². The molecule has 3 rings (SSSR count). The predicted molar refractivity (Wildman–Crippen MR) is 79.9 cm³/mol. The van der Waals surface area contributed by atoms with E-state index in [9.17, 15) is 0 Å². The molecule has 98 valence electrons. The third-order valence-electron chi connectivity index (χ3n) is 3.47. The molecule has 1 N–H and O–H groups in total. The summed E-state index contributed by atoms with van der Waals surface area (Å²) in [6.45, 7) is 3.94. The normalized spacial score (nSPS) is 12.9. The molecule has 1 aliphatic heterocycles. The van der Waals surface area contributed by atoms with Crippen LogP contribution in [0.1, 0.15) is 18.9 Å². The number of rotatable bonds is 4. The van der Waals surface area contributed by atoms with Gasteiger partial charge in [0.2, 0.25) is 0 Å². The number of hydrogen-bond donors (Lipinski definition) is 1. The molecule has 2 nitrogen and oxygen atoms in total. The molecule has 0 aliphatic carbocycles. The first-order chi connectivity index (χ1) is 9.38. The number of benzene rings is 2. The smallest absolute Gasteiger partial charge is 0.127 e. The van der Waals surface area contributed by atoms with Crippen molar-refractivity contribution in [1.29, 1.82) is 0 Å². The third-order valence-corrected chi connectivity index (χ3v) is 3.47. The summed E-state index contributed by atoms with van der Waals surface area (Å²) in [5, 5.41) is 3.40. The number of anilines is 1. The van der Waals surface area contributed by atoms with Crippen molar-refractivity contribution in [1.82, 2.24) is 0 Å². The maximum atomic E-state index is 5.84. The fraction of sp³-hybridized carbons (Fsp3) is 0.294. The van der Waals surface area contributed by atoms with Crippen molar-refractivity contribution in [3.63, 3.8) is 0 Å². The van der Waals surface area contributed by atoms with Gasteiger partial charge in [0.05, 0.1) is 6.61 Å². The van der Waals surface area contributed by atoms with Crippen LogP contribution in [0.4, 0.5) is 5.69 Å². The van der Waals surface area contributed by atoms with Gasteiger partial charge in [-0.1, -0.05) is 31.2 Å². The summed E-state index contributed by atoms with van der Waals surface area (Å²) in [5.74, 6) is 0.982. The minimum Gasteiger partial charge on any atom is -0.493 e. The van der Waals surface area contributed by atoms with Crippen LogP contribution in [0.3, 0.4) is 0 Å². The number of ether oxygens (including phenoxy) is 1. The van der Waals surface area contributed by atoms with Crippen LogP contribution >= 0.6 is 0 Å². The number of fused-ring (bicyclic) bond motifs is 1. The molecule has 1 aliphatic rings. The third kappa shape index (κ3) is 2.43. The van der Waals surface area contributed by atoms with Gasteiger partial charge >= 0.3 is 0 Å². The highest BCUT2D eigenvalue weighted by Gasteiger charge is 2.12. The summed E-state index contributed by atoms with van der Waals surface area (Å²) in [6, 6.07) is 14.9. The Bertz CT molecular complexity index is 577. The zero-order valence-corrected chi connectivity index (χ0v) is 11.3. The Morgan fingerprint density at radius 2 is 2.05 bits per heavy atom. The van der Waals surface area contributed by atoms with Gasteiger partial charge in [0.1, 0.15) is 5.75 Å². The Hall–Kier alpha value is -1.96. The van der Waals surface area contributed by atoms with E-state index in [2.05, 4.69) is 48.6 Å². The molecule has 0 radical (unpaired) electrons. The van der Waals surface area contributed by atoms with Crippen LogP contribution in [-0.2, 0) is 6.42 Å². The summed E-state index contributed by atoms with van der Waals surface area (Å²) in [6.07, 6.45) is 2.14. The van der Waals surface area contributed by atoms with E-state index in [-0.39, 0.29) is 0 Å². The zero-order valence-electron chi connectivity index (χ0n) is 11.3. The monoisotopic (exact) mass is 253 g/mol. The summed E-state index contributed by atoms with van der Waals surface area (Å²) in [7, 11) is 0. The molecule has 0 bridgehead atoms. The second-order valence-corrected chi connectivity index (χ2v) is 4.89. The van der Waals surface area contributed by atoms with Gasteiger partial charge in [0.15, 0.2) is 0 Å². The summed E-state index contributed by atoms with van der Waals surface area (Å²) >= 11 is 0. The molecule has 0 saturated carbocycles. The summed E-state index contributed by atoms with van der Waals surface area (Å²) in [4.78, 5) is 0. The molecular weight excluding hydrogens is 234 g/mol. The average Bonchev–Trinajstić information content (AvgIpc) is 2.92. The van der Waals surface area contributed by atoms with E-state index in [4.69, 9.17) is 4.74 Å². The topological polar surface area (TPSA) is 21.3 Å². The van der Waals surface area contributed by atoms with Crippen LogP contribution in [0.15, 0.2) is 42.5 Å². The highest BCUT2D eigenvalue weighted by molar-refractivity contribution is 5.74. The quantitative estimate of drug-likeness (QED) is 0.885. The van der Waals surface area contributed by atoms with Crippen molar-refractivity contribution in [2.75, 3.05) is 18.5 Å². The van der Waals surface area contributed by atoms with E-state index in [0.29, 0.717) is 0 Å². The molecule has 1 heterocycles.